The first-order valence-corrected chi connectivity index (χ1v) is 3.51. The van der Waals surface area contributed by atoms with Crippen molar-refractivity contribution in [3.63, 3.8) is 0 Å². The van der Waals surface area contributed by atoms with Gasteiger partial charge in [0.05, 0.1) is 6.21 Å². The molecule has 1 N–H and O–H groups in total. The van der Waals surface area contributed by atoms with Gasteiger partial charge in [-0.05, 0) is 11.6 Å². The van der Waals surface area contributed by atoms with Gasteiger partial charge >= 0.3 is 0 Å². The molecule has 0 fully saturated rings. The summed E-state index contributed by atoms with van der Waals surface area (Å²) in [7, 11) is 0. The van der Waals surface area contributed by atoms with Gasteiger partial charge in [0.1, 0.15) is 0 Å². The zero-order valence-corrected chi connectivity index (χ0v) is 7.21. The summed E-state index contributed by atoms with van der Waals surface area (Å²) in [5.74, 6) is 0. The maximum Gasteiger partial charge on any atom is 0.0550 e. The molecule has 62 valence electrons. The fraction of sp³-hybridized carbons (Fsp3) is 0. The third-order valence-electron chi connectivity index (χ3n) is 1.61. The molecule has 0 spiro atoms. The topological polar surface area (TPSA) is 24.4 Å². The van der Waals surface area contributed by atoms with Crippen molar-refractivity contribution in [1.82, 2.24) is 5.43 Å². The van der Waals surface area contributed by atoms with Gasteiger partial charge in [-0.25, -0.2) is 0 Å². The minimum absolute atomic E-state index is 0. The highest BCUT2D eigenvalue weighted by molar-refractivity contribution is 5.86. The van der Waals surface area contributed by atoms with Crippen molar-refractivity contribution >= 4 is 24.7 Å². The van der Waals surface area contributed by atoms with Crippen LogP contribution in [0.4, 0.5) is 0 Å². The van der Waals surface area contributed by atoms with Crippen molar-refractivity contribution in [2.24, 2.45) is 5.10 Å². The molecule has 0 aromatic heterocycles. The zero-order chi connectivity index (χ0) is 7.52. The molecule has 0 unspecified atom stereocenters. The van der Waals surface area contributed by atoms with Gasteiger partial charge in [0.2, 0.25) is 0 Å². The molecule has 0 radical (unpaired) electrons. The van der Waals surface area contributed by atoms with Gasteiger partial charge in [0.15, 0.2) is 0 Å². The average molecular weight is 181 g/mol. The number of benzene rings is 1. The Morgan fingerprint density at radius 2 is 1.83 bits per heavy atom. The van der Waals surface area contributed by atoms with Crippen LogP contribution < -0.4 is 5.43 Å². The third-order valence-corrected chi connectivity index (χ3v) is 1.61. The molecule has 0 aliphatic carbocycles. The number of rotatable bonds is 0. The first-order chi connectivity index (χ1) is 5.47. The van der Waals surface area contributed by atoms with Crippen LogP contribution in [0.2, 0.25) is 0 Å². The molecule has 1 heterocycles. The molecule has 0 saturated carbocycles. The lowest BCUT2D eigenvalue weighted by Gasteiger charge is -1.94. The Labute approximate surface area is 77.4 Å². The monoisotopic (exact) mass is 180 g/mol. The molecule has 0 atom stereocenters. The molecular weight excluding hydrogens is 172 g/mol. The molecule has 2 rings (SSSR count). The van der Waals surface area contributed by atoms with E-state index in [1.165, 1.54) is 5.56 Å². The van der Waals surface area contributed by atoms with Crippen molar-refractivity contribution in [2.75, 3.05) is 0 Å². The van der Waals surface area contributed by atoms with Gasteiger partial charge in [0, 0.05) is 11.8 Å². The zero-order valence-electron chi connectivity index (χ0n) is 6.40. The van der Waals surface area contributed by atoms with Crippen LogP contribution in [0.5, 0.6) is 0 Å². The van der Waals surface area contributed by atoms with Crippen LogP contribution in [0.1, 0.15) is 11.1 Å². The first-order valence-electron chi connectivity index (χ1n) is 3.51. The van der Waals surface area contributed by atoms with E-state index < -0.39 is 0 Å². The highest BCUT2D eigenvalue weighted by Gasteiger charge is 1.95. The van der Waals surface area contributed by atoms with Gasteiger partial charge in [0.25, 0.3) is 0 Å². The van der Waals surface area contributed by atoms with Crippen LogP contribution in [0.25, 0.3) is 6.08 Å². The van der Waals surface area contributed by atoms with E-state index >= 15 is 0 Å². The Balaban J connectivity index is 0.000000720. The maximum absolute atomic E-state index is 3.95. The molecule has 1 aromatic rings. The van der Waals surface area contributed by atoms with Gasteiger partial charge in [-0.3, -0.25) is 5.43 Å². The van der Waals surface area contributed by atoms with Crippen LogP contribution in [-0.4, -0.2) is 6.21 Å². The van der Waals surface area contributed by atoms with Gasteiger partial charge in [-0.15, -0.1) is 12.4 Å². The summed E-state index contributed by atoms with van der Waals surface area (Å²) in [6.45, 7) is 0. The van der Waals surface area contributed by atoms with Crippen LogP contribution in [0, 0.1) is 0 Å². The summed E-state index contributed by atoms with van der Waals surface area (Å²) in [5, 5.41) is 3.95. The van der Waals surface area contributed by atoms with E-state index in [1.807, 2.05) is 36.7 Å². The first kappa shape index (κ1) is 8.81. The average Bonchev–Trinajstić information content (AvgIpc) is 2.28. The maximum atomic E-state index is 3.95. The number of nitrogens with zero attached hydrogens (tertiary/aromatic N) is 1. The lowest BCUT2D eigenvalue weighted by Crippen LogP contribution is -1.90. The van der Waals surface area contributed by atoms with E-state index in [-0.39, 0.29) is 12.4 Å². The summed E-state index contributed by atoms with van der Waals surface area (Å²) in [6.07, 6.45) is 5.64. The minimum atomic E-state index is 0. The summed E-state index contributed by atoms with van der Waals surface area (Å²) in [5.41, 5.74) is 5.13. The molecule has 12 heavy (non-hydrogen) atoms. The van der Waals surface area contributed by atoms with E-state index in [1.54, 1.807) is 0 Å². The SMILES string of the molecule is C1=Cc2ccccc2C=NN1.Cl. The molecule has 1 aromatic carbocycles. The van der Waals surface area contributed by atoms with E-state index in [2.05, 4.69) is 16.6 Å². The van der Waals surface area contributed by atoms with E-state index in [4.69, 9.17) is 0 Å². The lowest BCUT2D eigenvalue weighted by molar-refractivity contribution is 0.985. The van der Waals surface area contributed by atoms with Gasteiger partial charge in [-0.1, -0.05) is 24.3 Å². The Kier molecular flexibility index (Phi) is 2.88. The van der Waals surface area contributed by atoms with Crippen molar-refractivity contribution in [3.8, 4) is 0 Å². The number of hydrogen-bond donors (Lipinski definition) is 1. The number of hydrazone groups is 1. The summed E-state index contributed by atoms with van der Waals surface area (Å²) in [4.78, 5) is 0. The van der Waals surface area contributed by atoms with Crippen LogP contribution in [0.3, 0.4) is 0 Å². The normalized spacial score (nSPS) is 12.3. The van der Waals surface area contributed by atoms with E-state index in [0.717, 1.165) is 5.56 Å². The third kappa shape index (κ3) is 1.66. The van der Waals surface area contributed by atoms with Crippen LogP contribution >= 0.6 is 12.4 Å². The van der Waals surface area contributed by atoms with Crippen molar-refractivity contribution in [1.29, 1.82) is 0 Å². The molecular formula is C9H9ClN2. The second-order valence-electron chi connectivity index (χ2n) is 2.35. The Morgan fingerprint density at radius 1 is 1.08 bits per heavy atom. The number of fused-ring (bicyclic) bond motifs is 1. The van der Waals surface area contributed by atoms with Crippen LogP contribution in [0.15, 0.2) is 35.6 Å². The Hall–Kier alpha value is -1.28. The standard InChI is InChI=1S/C9H8N2.ClH/c1-2-4-9-7-11-10-6-5-8(9)3-1;/h1-7,10H;1H. The van der Waals surface area contributed by atoms with Crippen molar-refractivity contribution in [2.45, 2.75) is 0 Å². The number of hydrogen-bond acceptors (Lipinski definition) is 2. The second-order valence-corrected chi connectivity index (χ2v) is 2.35. The number of nitrogens with one attached hydrogen (secondary N) is 1. The lowest BCUT2D eigenvalue weighted by atomic mass is 10.1. The minimum Gasteiger partial charge on any atom is -0.286 e. The highest BCUT2D eigenvalue weighted by Crippen LogP contribution is 2.08. The summed E-state index contributed by atoms with van der Waals surface area (Å²) >= 11 is 0. The fourth-order valence-electron chi connectivity index (χ4n) is 1.06. The van der Waals surface area contributed by atoms with Crippen LogP contribution in [-0.2, 0) is 0 Å². The Morgan fingerprint density at radius 3 is 2.67 bits per heavy atom. The predicted octanol–water partition coefficient (Wildman–Crippen LogP) is 2.02. The van der Waals surface area contributed by atoms with E-state index in [0.29, 0.717) is 0 Å². The molecule has 0 bridgehead atoms. The molecule has 1 aliphatic heterocycles. The van der Waals surface area contributed by atoms with Gasteiger partial charge < -0.3 is 0 Å². The van der Waals surface area contributed by atoms with Crippen molar-refractivity contribution in [3.05, 3.63) is 41.6 Å². The predicted molar refractivity (Wildman–Crippen MR) is 53.5 cm³/mol. The molecule has 0 amide bonds. The number of halogens is 1. The van der Waals surface area contributed by atoms with E-state index in [9.17, 15) is 0 Å². The molecule has 3 heteroatoms. The highest BCUT2D eigenvalue weighted by atomic mass is 35.5. The molecule has 2 nitrogen and oxygen atoms in total. The largest absolute Gasteiger partial charge is 0.286 e. The quantitative estimate of drug-likeness (QED) is 0.649. The van der Waals surface area contributed by atoms with Gasteiger partial charge in [-0.2, -0.15) is 5.10 Å². The summed E-state index contributed by atoms with van der Waals surface area (Å²) in [6, 6.07) is 8.12. The second kappa shape index (κ2) is 3.93. The fourth-order valence-corrected chi connectivity index (χ4v) is 1.06. The Bertz CT molecular complexity index is 287. The molecule has 0 saturated heterocycles. The smallest absolute Gasteiger partial charge is 0.0550 e. The summed E-state index contributed by atoms with van der Waals surface area (Å²) < 4.78 is 0. The van der Waals surface area contributed by atoms with Crippen molar-refractivity contribution < 1.29 is 0 Å². The molecule has 1 aliphatic rings.